The number of anilines is 1. The lowest BCUT2D eigenvalue weighted by atomic mass is 10.2. The van der Waals surface area contributed by atoms with E-state index < -0.39 is 11.7 Å². The van der Waals surface area contributed by atoms with Crippen molar-refractivity contribution in [2.75, 3.05) is 12.4 Å². The minimum absolute atomic E-state index is 0.0197. The van der Waals surface area contributed by atoms with E-state index >= 15 is 0 Å². The van der Waals surface area contributed by atoms with Crippen LogP contribution in [0.1, 0.15) is 10.4 Å². The molecule has 3 N–H and O–H groups in total. The zero-order chi connectivity index (χ0) is 9.14. The number of nitrogens with one attached hydrogen (secondary N) is 1. The van der Waals surface area contributed by atoms with Gasteiger partial charge in [0.25, 0.3) is 5.91 Å². The van der Waals surface area contributed by atoms with Crippen LogP contribution in [-0.4, -0.2) is 17.9 Å². The summed E-state index contributed by atoms with van der Waals surface area (Å²) in [5, 5.41) is 2.50. The van der Waals surface area contributed by atoms with Gasteiger partial charge in [-0.3, -0.25) is 4.79 Å². The molecule has 0 spiro atoms. The van der Waals surface area contributed by atoms with Gasteiger partial charge in [0.15, 0.2) is 11.6 Å². The summed E-state index contributed by atoms with van der Waals surface area (Å²) >= 11 is 0. The van der Waals surface area contributed by atoms with Crippen LogP contribution in [0.2, 0.25) is 0 Å². The predicted octanol–water partition coefficient (Wildman–Crippen LogP) is 0.361. The highest BCUT2D eigenvalue weighted by molar-refractivity contribution is 5.93. The van der Waals surface area contributed by atoms with E-state index in [0.717, 1.165) is 0 Å². The Morgan fingerprint density at radius 2 is 2.42 bits per heavy atom. The van der Waals surface area contributed by atoms with Crippen LogP contribution >= 0.6 is 0 Å². The smallest absolute Gasteiger partial charge is 0.251 e. The third-order valence-corrected chi connectivity index (χ3v) is 1.39. The van der Waals surface area contributed by atoms with Gasteiger partial charge in [-0.05, 0) is 6.07 Å². The second-order valence-electron chi connectivity index (χ2n) is 2.14. The van der Waals surface area contributed by atoms with E-state index in [1.807, 2.05) is 0 Å². The maximum Gasteiger partial charge on any atom is 0.251 e. The van der Waals surface area contributed by atoms with Gasteiger partial charge in [0.2, 0.25) is 0 Å². The van der Waals surface area contributed by atoms with Crippen LogP contribution in [0.3, 0.4) is 0 Å². The summed E-state index contributed by atoms with van der Waals surface area (Å²) in [4.78, 5) is 14.3. The number of carbonyl (C=O) groups is 1. The normalized spacial score (nSPS) is 9.50. The molecular weight excluding hydrogens is 161 g/mol. The quantitative estimate of drug-likeness (QED) is 0.671. The van der Waals surface area contributed by atoms with Crippen molar-refractivity contribution >= 4 is 11.7 Å². The summed E-state index contributed by atoms with van der Waals surface area (Å²) in [6.07, 6.45) is 1.31. The van der Waals surface area contributed by atoms with Crippen molar-refractivity contribution in [1.29, 1.82) is 0 Å². The number of primary amides is 1. The van der Waals surface area contributed by atoms with E-state index in [0.29, 0.717) is 0 Å². The number of amides is 1. The molecule has 64 valence electrons. The van der Waals surface area contributed by atoms with Crippen LogP contribution in [0, 0.1) is 5.82 Å². The molecule has 0 atom stereocenters. The van der Waals surface area contributed by atoms with Crippen LogP contribution in [-0.2, 0) is 0 Å². The monoisotopic (exact) mass is 169 g/mol. The fraction of sp³-hybridized carbons (Fsp3) is 0.143. The number of hydrogen-bond donors (Lipinski definition) is 2. The Bertz CT molecular complexity index is 314. The summed E-state index contributed by atoms with van der Waals surface area (Å²) < 4.78 is 13.1. The van der Waals surface area contributed by atoms with Gasteiger partial charge in [-0.15, -0.1) is 0 Å². The summed E-state index contributed by atoms with van der Waals surface area (Å²) in [6, 6.07) is 1.23. The van der Waals surface area contributed by atoms with Gasteiger partial charge in [0, 0.05) is 13.2 Å². The van der Waals surface area contributed by atoms with Gasteiger partial charge in [0.05, 0.1) is 5.56 Å². The minimum Gasteiger partial charge on any atom is -0.371 e. The summed E-state index contributed by atoms with van der Waals surface area (Å²) in [6.45, 7) is 0. The van der Waals surface area contributed by atoms with Gasteiger partial charge in [-0.25, -0.2) is 9.37 Å². The molecule has 1 rings (SSSR count). The first-order valence-corrected chi connectivity index (χ1v) is 3.29. The Balaban J connectivity index is 3.23. The number of nitrogens with zero attached hydrogens (tertiary/aromatic N) is 1. The third kappa shape index (κ3) is 1.34. The van der Waals surface area contributed by atoms with Crippen molar-refractivity contribution in [2.24, 2.45) is 5.73 Å². The van der Waals surface area contributed by atoms with Gasteiger partial charge < -0.3 is 11.1 Å². The van der Waals surface area contributed by atoms with Crippen LogP contribution in [0.5, 0.6) is 0 Å². The minimum atomic E-state index is -0.800. The van der Waals surface area contributed by atoms with Crippen molar-refractivity contribution in [1.82, 2.24) is 4.98 Å². The van der Waals surface area contributed by atoms with E-state index in [1.165, 1.54) is 19.3 Å². The number of pyridine rings is 1. The Hall–Kier alpha value is -1.65. The molecule has 0 saturated carbocycles. The molecule has 1 heterocycles. The highest BCUT2D eigenvalue weighted by Crippen LogP contribution is 2.13. The lowest BCUT2D eigenvalue weighted by molar-refractivity contribution is 0.0996. The van der Waals surface area contributed by atoms with Crippen molar-refractivity contribution in [3.8, 4) is 0 Å². The fourth-order valence-corrected chi connectivity index (χ4v) is 0.808. The number of carbonyl (C=O) groups excluding carboxylic acids is 1. The average molecular weight is 169 g/mol. The molecule has 1 aromatic heterocycles. The van der Waals surface area contributed by atoms with Crippen LogP contribution in [0.15, 0.2) is 12.3 Å². The molecule has 0 saturated heterocycles. The number of aromatic nitrogens is 1. The number of hydrogen-bond acceptors (Lipinski definition) is 3. The van der Waals surface area contributed by atoms with Gasteiger partial charge in [0.1, 0.15) is 0 Å². The highest BCUT2D eigenvalue weighted by Gasteiger charge is 2.11. The highest BCUT2D eigenvalue weighted by atomic mass is 19.1. The number of rotatable bonds is 2. The molecule has 1 aromatic rings. The van der Waals surface area contributed by atoms with Gasteiger partial charge in [-0.2, -0.15) is 0 Å². The summed E-state index contributed by atoms with van der Waals surface area (Å²) in [5.41, 5.74) is 4.75. The summed E-state index contributed by atoms with van der Waals surface area (Å²) in [5.74, 6) is -1.50. The second-order valence-corrected chi connectivity index (χ2v) is 2.14. The topological polar surface area (TPSA) is 68.0 Å². The number of nitrogens with two attached hydrogens (primary N) is 1. The molecule has 0 radical (unpaired) electrons. The lowest BCUT2D eigenvalue weighted by Gasteiger charge is -2.02. The van der Waals surface area contributed by atoms with E-state index in [9.17, 15) is 9.18 Å². The Labute approximate surface area is 68.6 Å². The maximum atomic E-state index is 13.1. The third-order valence-electron chi connectivity index (χ3n) is 1.39. The fourth-order valence-electron chi connectivity index (χ4n) is 0.808. The van der Waals surface area contributed by atoms with Gasteiger partial charge >= 0.3 is 0 Å². The Morgan fingerprint density at radius 1 is 1.75 bits per heavy atom. The Morgan fingerprint density at radius 3 is 2.92 bits per heavy atom. The van der Waals surface area contributed by atoms with Gasteiger partial charge in [-0.1, -0.05) is 0 Å². The molecule has 0 aromatic carbocycles. The standard InChI is InChI=1S/C7H8FN3O/c1-10-7-5(8)4(6(9)12)2-3-11-7/h2-3H,1H3,(H2,9,12)(H,10,11). The molecule has 0 bridgehead atoms. The molecule has 0 fully saturated rings. The first-order valence-electron chi connectivity index (χ1n) is 3.29. The zero-order valence-corrected chi connectivity index (χ0v) is 6.47. The molecule has 0 aliphatic rings. The van der Waals surface area contributed by atoms with E-state index in [4.69, 9.17) is 5.73 Å². The van der Waals surface area contributed by atoms with Crippen LogP contribution in [0.25, 0.3) is 0 Å². The van der Waals surface area contributed by atoms with E-state index in [2.05, 4.69) is 10.3 Å². The molecular formula is C7H8FN3O. The predicted molar refractivity (Wildman–Crippen MR) is 42.3 cm³/mol. The number of halogens is 1. The van der Waals surface area contributed by atoms with Crippen molar-refractivity contribution in [3.63, 3.8) is 0 Å². The summed E-state index contributed by atoms with van der Waals surface area (Å²) in [7, 11) is 1.51. The SMILES string of the molecule is CNc1nccc(C(N)=O)c1F. The first-order chi connectivity index (χ1) is 5.66. The lowest BCUT2D eigenvalue weighted by Crippen LogP contribution is -2.14. The largest absolute Gasteiger partial charge is 0.371 e. The van der Waals surface area contributed by atoms with Crippen LogP contribution in [0.4, 0.5) is 10.2 Å². The molecule has 12 heavy (non-hydrogen) atoms. The van der Waals surface area contributed by atoms with Crippen molar-refractivity contribution < 1.29 is 9.18 Å². The Kier molecular flexibility index (Phi) is 2.23. The van der Waals surface area contributed by atoms with E-state index in [-0.39, 0.29) is 11.4 Å². The second kappa shape index (κ2) is 3.17. The van der Waals surface area contributed by atoms with E-state index in [1.54, 1.807) is 0 Å². The molecule has 5 heteroatoms. The van der Waals surface area contributed by atoms with Crippen molar-refractivity contribution in [3.05, 3.63) is 23.6 Å². The molecule has 4 nitrogen and oxygen atoms in total. The average Bonchev–Trinajstić information content (AvgIpc) is 2.04. The zero-order valence-electron chi connectivity index (χ0n) is 6.47. The molecule has 0 aliphatic carbocycles. The van der Waals surface area contributed by atoms with Crippen LogP contribution < -0.4 is 11.1 Å². The van der Waals surface area contributed by atoms with Crippen molar-refractivity contribution in [2.45, 2.75) is 0 Å². The molecule has 0 aliphatic heterocycles. The molecule has 1 amide bonds. The maximum absolute atomic E-state index is 13.1. The molecule has 0 unspecified atom stereocenters. The first kappa shape index (κ1) is 8.45.